The van der Waals surface area contributed by atoms with Gasteiger partial charge in [-0.05, 0) is 73.5 Å². The monoisotopic (exact) mass is 381 g/mol. The fourth-order valence-corrected chi connectivity index (χ4v) is 5.18. The fourth-order valence-electron chi connectivity index (χ4n) is 4.30. The third kappa shape index (κ3) is 3.83. The molecule has 0 bridgehead atoms. The van der Waals surface area contributed by atoms with E-state index in [0.29, 0.717) is 11.7 Å². The van der Waals surface area contributed by atoms with Gasteiger partial charge in [0.05, 0.1) is 7.11 Å². The van der Waals surface area contributed by atoms with Crippen molar-refractivity contribution in [2.45, 2.75) is 31.6 Å². The number of benzene rings is 2. The second-order valence-corrected chi connectivity index (χ2v) is 8.49. The molecule has 4 heteroatoms. The highest BCUT2D eigenvalue weighted by molar-refractivity contribution is 7.17. The number of aromatic hydroxyl groups is 1. The lowest BCUT2D eigenvalue weighted by molar-refractivity contribution is 0.299. The molecular weight excluding hydrogens is 354 g/mol. The molecule has 4 rings (SSSR count). The van der Waals surface area contributed by atoms with E-state index in [1.165, 1.54) is 34.2 Å². The predicted octanol–water partition coefficient (Wildman–Crippen LogP) is 5.21. The highest BCUT2D eigenvalue weighted by Crippen LogP contribution is 2.37. The number of likely N-dealkylation sites (N-methyl/N-ethyl adjacent to an activating group) is 1. The van der Waals surface area contributed by atoms with E-state index in [9.17, 15) is 5.11 Å². The van der Waals surface area contributed by atoms with E-state index in [1.54, 1.807) is 18.4 Å². The van der Waals surface area contributed by atoms with Crippen molar-refractivity contribution >= 4 is 21.4 Å². The Kier molecular flexibility index (Phi) is 5.37. The van der Waals surface area contributed by atoms with E-state index in [2.05, 4.69) is 42.3 Å². The molecule has 0 amide bonds. The minimum atomic E-state index is 0.394. The lowest BCUT2D eigenvalue weighted by atomic mass is 9.82. The fraction of sp³-hybridized carbons (Fsp3) is 0.391. The summed E-state index contributed by atoms with van der Waals surface area (Å²) in [7, 11) is 4.00. The zero-order chi connectivity index (χ0) is 18.8. The molecule has 1 aliphatic carbocycles. The number of hydrogen-bond donors (Lipinski definition) is 1. The van der Waals surface area contributed by atoms with Crippen molar-refractivity contribution in [3.05, 3.63) is 58.5 Å². The Labute approximate surface area is 165 Å². The molecule has 3 aromatic rings. The SMILES string of the molecule is COc1cccc2c1CCCC2CN(C)CCc1ccc2c(O)csc2c1. The number of fused-ring (bicyclic) bond motifs is 2. The number of ether oxygens (including phenoxy) is 1. The second-order valence-electron chi connectivity index (χ2n) is 7.58. The summed E-state index contributed by atoms with van der Waals surface area (Å²) in [4.78, 5) is 2.45. The van der Waals surface area contributed by atoms with Crippen molar-refractivity contribution in [1.29, 1.82) is 0 Å². The van der Waals surface area contributed by atoms with Crippen molar-refractivity contribution in [1.82, 2.24) is 4.90 Å². The van der Waals surface area contributed by atoms with Crippen molar-refractivity contribution in [2.24, 2.45) is 0 Å². The summed E-state index contributed by atoms with van der Waals surface area (Å²) in [5.41, 5.74) is 4.22. The Morgan fingerprint density at radius 3 is 3.00 bits per heavy atom. The van der Waals surface area contributed by atoms with Crippen LogP contribution in [-0.4, -0.2) is 37.3 Å². The Morgan fingerprint density at radius 2 is 2.15 bits per heavy atom. The first-order valence-electron chi connectivity index (χ1n) is 9.69. The number of methoxy groups -OCH3 is 1. The maximum atomic E-state index is 9.81. The average Bonchev–Trinajstić information content (AvgIpc) is 3.06. The van der Waals surface area contributed by atoms with Crippen LogP contribution in [0.25, 0.3) is 10.1 Å². The molecule has 1 heterocycles. The molecule has 0 aliphatic heterocycles. The van der Waals surface area contributed by atoms with Crippen LogP contribution in [0, 0.1) is 0 Å². The maximum Gasteiger partial charge on any atom is 0.134 e. The molecule has 1 atom stereocenters. The minimum Gasteiger partial charge on any atom is -0.506 e. The van der Waals surface area contributed by atoms with Crippen molar-refractivity contribution in [3.63, 3.8) is 0 Å². The highest BCUT2D eigenvalue weighted by atomic mass is 32.1. The molecule has 1 aliphatic rings. The van der Waals surface area contributed by atoms with Crippen LogP contribution in [0.2, 0.25) is 0 Å². The molecule has 0 saturated heterocycles. The quantitative estimate of drug-likeness (QED) is 0.636. The highest BCUT2D eigenvalue weighted by Gasteiger charge is 2.23. The van der Waals surface area contributed by atoms with Crippen LogP contribution in [0.1, 0.15) is 35.4 Å². The van der Waals surface area contributed by atoms with E-state index in [-0.39, 0.29) is 0 Å². The van der Waals surface area contributed by atoms with E-state index >= 15 is 0 Å². The van der Waals surface area contributed by atoms with Gasteiger partial charge in [0.15, 0.2) is 0 Å². The van der Waals surface area contributed by atoms with Crippen LogP contribution in [-0.2, 0) is 12.8 Å². The van der Waals surface area contributed by atoms with Gasteiger partial charge in [-0.3, -0.25) is 0 Å². The maximum absolute atomic E-state index is 9.81. The predicted molar refractivity (Wildman–Crippen MR) is 113 cm³/mol. The molecular formula is C23H27NO2S. The molecule has 0 radical (unpaired) electrons. The van der Waals surface area contributed by atoms with Crippen molar-refractivity contribution in [3.8, 4) is 11.5 Å². The summed E-state index contributed by atoms with van der Waals surface area (Å²) in [6.07, 6.45) is 4.66. The van der Waals surface area contributed by atoms with E-state index in [4.69, 9.17) is 4.74 Å². The van der Waals surface area contributed by atoms with Gasteiger partial charge in [0, 0.05) is 28.6 Å². The van der Waals surface area contributed by atoms with Gasteiger partial charge < -0.3 is 14.7 Å². The van der Waals surface area contributed by atoms with E-state index in [1.807, 2.05) is 11.4 Å². The van der Waals surface area contributed by atoms with Gasteiger partial charge in [0.1, 0.15) is 11.5 Å². The summed E-state index contributed by atoms with van der Waals surface area (Å²) >= 11 is 1.61. The Bertz CT molecular complexity index is 933. The molecule has 0 fully saturated rings. The summed E-state index contributed by atoms with van der Waals surface area (Å²) in [6.45, 7) is 2.13. The average molecular weight is 382 g/mol. The summed E-state index contributed by atoms with van der Waals surface area (Å²) in [5.74, 6) is 2.03. The van der Waals surface area contributed by atoms with Crippen LogP contribution in [0.4, 0.5) is 0 Å². The molecule has 1 aromatic heterocycles. The first-order valence-corrected chi connectivity index (χ1v) is 10.6. The summed E-state index contributed by atoms with van der Waals surface area (Å²) in [6, 6.07) is 12.9. The molecule has 142 valence electrons. The normalized spacial score (nSPS) is 16.6. The molecule has 0 saturated carbocycles. The van der Waals surface area contributed by atoms with Gasteiger partial charge in [-0.15, -0.1) is 11.3 Å². The third-order valence-corrected chi connectivity index (χ3v) is 6.67. The van der Waals surface area contributed by atoms with Crippen molar-refractivity contribution < 1.29 is 9.84 Å². The number of hydrogen-bond acceptors (Lipinski definition) is 4. The van der Waals surface area contributed by atoms with Crippen LogP contribution >= 0.6 is 11.3 Å². The van der Waals surface area contributed by atoms with E-state index < -0.39 is 0 Å². The van der Waals surface area contributed by atoms with Gasteiger partial charge in [0.2, 0.25) is 0 Å². The second kappa shape index (κ2) is 7.91. The lowest BCUT2D eigenvalue weighted by Crippen LogP contribution is -2.28. The summed E-state index contributed by atoms with van der Waals surface area (Å²) < 4.78 is 6.75. The topological polar surface area (TPSA) is 32.7 Å². The Hall–Kier alpha value is -2.04. The van der Waals surface area contributed by atoms with E-state index in [0.717, 1.165) is 37.1 Å². The molecule has 1 unspecified atom stereocenters. The largest absolute Gasteiger partial charge is 0.506 e. The molecule has 0 spiro atoms. The van der Waals surface area contributed by atoms with Gasteiger partial charge in [-0.2, -0.15) is 0 Å². The van der Waals surface area contributed by atoms with Gasteiger partial charge in [-0.1, -0.05) is 18.2 Å². The molecule has 1 N–H and O–H groups in total. The third-order valence-electron chi connectivity index (χ3n) is 5.74. The number of thiophene rings is 1. The Morgan fingerprint density at radius 1 is 1.26 bits per heavy atom. The van der Waals surface area contributed by atoms with Crippen LogP contribution in [0.3, 0.4) is 0 Å². The summed E-state index contributed by atoms with van der Waals surface area (Å²) in [5, 5.41) is 12.6. The smallest absolute Gasteiger partial charge is 0.134 e. The zero-order valence-corrected chi connectivity index (χ0v) is 16.9. The van der Waals surface area contributed by atoms with Gasteiger partial charge >= 0.3 is 0 Å². The minimum absolute atomic E-state index is 0.394. The van der Waals surface area contributed by atoms with Crippen LogP contribution in [0.15, 0.2) is 41.8 Å². The first kappa shape index (κ1) is 18.3. The molecule has 2 aromatic carbocycles. The van der Waals surface area contributed by atoms with Crippen molar-refractivity contribution in [2.75, 3.05) is 27.2 Å². The number of nitrogens with zero attached hydrogens (tertiary/aromatic N) is 1. The Balaban J connectivity index is 1.40. The van der Waals surface area contributed by atoms with Crippen LogP contribution in [0.5, 0.6) is 11.5 Å². The number of rotatable bonds is 6. The lowest BCUT2D eigenvalue weighted by Gasteiger charge is -2.30. The standard InChI is InChI=1S/C23H27NO2S/c1-24(12-11-16-9-10-20-21(25)15-27-23(20)13-16)14-17-5-3-7-19-18(17)6-4-8-22(19)26-2/h4,6,8-10,13,15,17,25H,3,5,7,11-12,14H2,1-2H3. The molecule has 27 heavy (non-hydrogen) atoms. The van der Waals surface area contributed by atoms with Gasteiger partial charge in [-0.25, -0.2) is 0 Å². The van der Waals surface area contributed by atoms with Crippen LogP contribution < -0.4 is 4.74 Å². The zero-order valence-electron chi connectivity index (χ0n) is 16.1. The molecule has 3 nitrogen and oxygen atoms in total. The van der Waals surface area contributed by atoms with Gasteiger partial charge in [0.25, 0.3) is 0 Å². The first-order chi connectivity index (χ1) is 13.2.